The predicted octanol–water partition coefficient (Wildman–Crippen LogP) is 15.7. The number of rotatable bonds is 4. The number of anilines is 1. The van der Waals surface area contributed by atoms with Gasteiger partial charge in [-0.1, -0.05) is 115 Å². The van der Waals surface area contributed by atoms with Gasteiger partial charge in [-0.2, -0.15) is 0 Å². The highest BCUT2D eigenvalue weighted by molar-refractivity contribution is 6.11. The number of hydrogen-bond acceptors (Lipinski definition) is 3. The monoisotopic (exact) mass is 817 g/mol. The number of fused-ring (bicyclic) bond motifs is 12. The molecule has 3 aromatic heterocycles. The molecule has 4 heterocycles. The van der Waals surface area contributed by atoms with Crippen LogP contribution in [0.15, 0.2) is 217 Å². The molecule has 0 fully saturated rings. The van der Waals surface area contributed by atoms with Crippen molar-refractivity contribution in [2.24, 2.45) is 0 Å². The number of pyridine rings is 1. The molecule has 0 unspecified atom stereocenters. The molecule has 4 heteroatoms. The van der Waals surface area contributed by atoms with Crippen molar-refractivity contribution in [3.05, 3.63) is 235 Å². The van der Waals surface area contributed by atoms with E-state index in [0.717, 1.165) is 78.7 Å². The van der Waals surface area contributed by atoms with Crippen LogP contribution in [0, 0.1) is 0 Å². The van der Waals surface area contributed by atoms with Gasteiger partial charge in [-0.25, -0.2) is 0 Å². The number of allylic oxidation sites excluding steroid dienone is 4. The molecule has 8 aromatic carbocycles. The number of para-hydroxylation sites is 3. The molecule has 13 rings (SSSR count). The Morgan fingerprint density at radius 2 is 1.19 bits per heavy atom. The quantitative estimate of drug-likeness (QED) is 0.192. The average molecular weight is 818 g/mol. The third kappa shape index (κ3) is 5.95. The topological polar surface area (TPSA) is 43.0 Å². The second-order valence-corrected chi connectivity index (χ2v) is 16.8. The Morgan fingerprint density at radius 1 is 0.484 bits per heavy atom. The maximum atomic E-state index is 6.22. The van der Waals surface area contributed by atoms with E-state index < -0.39 is 0 Å². The van der Waals surface area contributed by atoms with Crippen LogP contribution in [0.4, 0.5) is 5.69 Å². The van der Waals surface area contributed by atoms with Gasteiger partial charge in [0.2, 0.25) is 0 Å². The van der Waals surface area contributed by atoms with E-state index in [4.69, 9.17) is 4.42 Å². The van der Waals surface area contributed by atoms with Crippen LogP contribution in [-0.2, 0) is 6.42 Å². The van der Waals surface area contributed by atoms with Gasteiger partial charge in [-0.15, -0.1) is 0 Å². The summed E-state index contributed by atoms with van der Waals surface area (Å²) in [5.74, 6) is 0. The second-order valence-electron chi connectivity index (χ2n) is 16.8. The van der Waals surface area contributed by atoms with Crippen LogP contribution in [0.1, 0.15) is 22.3 Å². The highest BCUT2D eigenvalue weighted by Crippen LogP contribution is 2.42. The van der Waals surface area contributed by atoms with Crippen molar-refractivity contribution in [1.29, 1.82) is 0 Å². The maximum absolute atomic E-state index is 6.22. The number of nitrogens with zero attached hydrogens (tertiary/aromatic N) is 2. The Bertz CT molecular complexity index is 3790. The van der Waals surface area contributed by atoms with Gasteiger partial charge in [0.25, 0.3) is 0 Å². The molecule has 300 valence electrons. The lowest BCUT2D eigenvalue weighted by Crippen LogP contribution is -1.95. The number of aromatic nitrogens is 2. The first-order valence-electron chi connectivity index (χ1n) is 21.9. The molecular formula is C60H39N3O. The number of furan rings is 1. The van der Waals surface area contributed by atoms with Crippen LogP contribution in [0.25, 0.3) is 106 Å². The van der Waals surface area contributed by atoms with Gasteiger partial charge in [0.15, 0.2) is 0 Å². The van der Waals surface area contributed by atoms with Crippen LogP contribution in [-0.4, -0.2) is 9.55 Å². The largest absolute Gasteiger partial charge is 0.456 e. The van der Waals surface area contributed by atoms with E-state index in [1.165, 1.54) is 55.2 Å². The lowest BCUT2D eigenvalue weighted by molar-refractivity contribution is 0.669. The third-order valence-electron chi connectivity index (χ3n) is 13.2. The van der Waals surface area contributed by atoms with E-state index in [9.17, 15) is 0 Å². The van der Waals surface area contributed by atoms with Crippen molar-refractivity contribution in [3.8, 4) is 50.2 Å². The van der Waals surface area contributed by atoms with E-state index in [1.54, 1.807) is 0 Å². The van der Waals surface area contributed by atoms with E-state index >= 15 is 0 Å². The molecule has 0 saturated heterocycles. The summed E-state index contributed by atoms with van der Waals surface area (Å²) in [6.07, 6.45) is 15.8. The van der Waals surface area contributed by atoms with E-state index in [-0.39, 0.29) is 0 Å². The molecule has 1 N–H and O–H groups in total. The van der Waals surface area contributed by atoms with Gasteiger partial charge >= 0.3 is 0 Å². The molecule has 2 aliphatic rings. The molecular weight excluding hydrogens is 779 g/mol. The summed E-state index contributed by atoms with van der Waals surface area (Å²) >= 11 is 0. The fourth-order valence-corrected chi connectivity index (χ4v) is 10.0. The Labute approximate surface area is 370 Å². The molecule has 0 saturated carbocycles. The normalized spacial score (nSPS) is 14.8. The summed E-state index contributed by atoms with van der Waals surface area (Å²) in [5, 5.41) is 8.46. The Morgan fingerprint density at radius 3 is 2.11 bits per heavy atom. The van der Waals surface area contributed by atoms with Crippen molar-refractivity contribution in [3.63, 3.8) is 0 Å². The minimum absolute atomic E-state index is 0.894. The Balaban J connectivity index is 0.964. The van der Waals surface area contributed by atoms with Gasteiger partial charge in [0, 0.05) is 63.5 Å². The van der Waals surface area contributed by atoms with E-state index in [1.807, 2.05) is 24.5 Å². The summed E-state index contributed by atoms with van der Waals surface area (Å²) in [6.45, 7) is 0. The highest BCUT2D eigenvalue weighted by atomic mass is 16.3. The Hall–Kier alpha value is -8.47. The van der Waals surface area contributed by atoms with Gasteiger partial charge in [-0.3, -0.25) is 4.98 Å². The van der Waals surface area contributed by atoms with Crippen LogP contribution in [0.2, 0.25) is 0 Å². The minimum Gasteiger partial charge on any atom is -0.456 e. The number of hydrogen-bond donors (Lipinski definition) is 1. The fourth-order valence-electron chi connectivity index (χ4n) is 10.0. The van der Waals surface area contributed by atoms with Crippen molar-refractivity contribution < 1.29 is 4.42 Å². The maximum Gasteiger partial charge on any atom is 0.135 e. The zero-order valence-electron chi connectivity index (χ0n) is 34.8. The zero-order valence-corrected chi connectivity index (χ0v) is 34.8. The summed E-state index contributed by atoms with van der Waals surface area (Å²) in [4.78, 5) is 4.39. The molecule has 0 spiro atoms. The van der Waals surface area contributed by atoms with E-state index in [2.05, 4.69) is 209 Å². The molecule has 11 aromatic rings. The molecule has 64 heavy (non-hydrogen) atoms. The molecule has 0 bridgehead atoms. The lowest BCUT2D eigenvalue weighted by Gasteiger charge is -2.16. The first kappa shape index (κ1) is 36.2. The third-order valence-corrected chi connectivity index (χ3v) is 13.2. The molecule has 0 amide bonds. The molecule has 4 nitrogen and oxygen atoms in total. The van der Waals surface area contributed by atoms with Gasteiger partial charge in [-0.05, 0) is 152 Å². The smallest absolute Gasteiger partial charge is 0.135 e. The first-order valence-corrected chi connectivity index (χ1v) is 21.9. The van der Waals surface area contributed by atoms with Gasteiger partial charge < -0.3 is 14.3 Å². The van der Waals surface area contributed by atoms with Crippen LogP contribution in [0.3, 0.4) is 0 Å². The first-order chi connectivity index (χ1) is 31.7. The molecule has 1 aliphatic heterocycles. The van der Waals surface area contributed by atoms with Crippen LogP contribution in [0.5, 0.6) is 0 Å². The van der Waals surface area contributed by atoms with Crippen molar-refractivity contribution >= 4 is 61.1 Å². The molecule has 1 aliphatic carbocycles. The number of nitrogens with one attached hydrogen (secondary N) is 1. The van der Waals surface area contributed by atoms with E-state index in [0.29, 0.717) is 0 Å². The van der Waals surface area contributed by atoms with Crippen molar-refractivity contribution in [2.75, 3.05) is 5.32 Å². The minimum atomic E-state index is 0.894. The SMILES string of the molecule is C1=C/c2ccc(-c3ccc4oc5ccccc5c4c3)cc2-c2cc(-c3ccc4c(c3)c3ccccc3n4-c3ccccc3)ccc2N/C=C/C(c2ccc3c(c2)-c2ccncc2C3)=C\1. The van der Waals surface area contributed by atoms with Gasteiger partial charge in [0.1, 0.15) is 11.2 Å². The predicted molar refractivity (Wildman–Crippen MR) is 267 cm³/mol. The summed E-state index contributed by atoms with van der Waals surface area (Å²) in [6, 6.07) is 63.8. The molecule has 0 radical (unpaired) electrons. The summed E-state index contributed by atoms with van der Waals surface area (Å²) in [5.41, 5.74) is 21.8. The number of benzene rings is 8. The highest BCUT2D eigenvalue weighted by Gasteiger charge is 2.20. The second kappa shape index (κ2) is 14.6. The Kier molecular flexibility index (Phi) is 8.25. The van der Waals surface area contributed by atoms with Crippen molar-refractivity contribution in [2.45, 2.75) is 6.42 Å². The van der Waals surface area contributed by atoms with Crippen LogP contribution >= 0.6 is 0 Å². The van der Waals surface area contributed by atoms with Crippen molar-refractivity contribution in [1.82, 2.24) is 9.55 Å². The molecule has 0 atom stereocenters. The summed E-state index contributed by atoms with van der Waals surface area (Å²) in [7, 11) is 0. The van der Waals surface area contributed by atoms with Crippen LogP contribution < -0.4 is 5.32 Å². The lowest BCUT2D eigenvalue weighted by atomic mass is 9.90. The average Bonchev–Trinajstić information content (AvgIpc) is 4.02. The standard InChI is InChI=1S/C60H39N3O/c1-2-11-47(12-3-1)63-57-15-6-4-13-49(57)54-35-43(22-25-58(54)63)42-21-24-56-53(34-42)51-33-41(44-23-26-60-55(36-44)50-14-5-7-16-59(50)64-60)18-17-39(51)10-8-9-38(27-30-62-56)40-19-20-45-31-46-37-61-29-28-48(46)52(45)32-40/h1-30,32-37,62H,31H2/b10-8-,30-27+,38-9+. The zero-order chi connectivity index (χ0) is 42.1. The fraction of sp³-hybridized carbons (Fsp3) is 0.0167. The summed E-state index contributed by atoms with van der Waals surface area (Å²) < 4.78 is 8.59. The van der Waals surface area contributed by atoms with Gasteiger partial charge in [0.05, 0.1) is 11.0 Å².